The molecule has 2 rings (SSSR count). The molecule has 0 fully saturated rings. The van der Waals surface area contributed by atoms with Crippen molar-refractivity contribution in [3.8, 4) is 0 Å². The molecule has 16 heavy (non-hydrogen) atoms. The lowest BCUT2D eigenvalue weighted by Crippen LogP contribution is -2.24. The lowest BCUT2D eigenvalue weighted by molar-refractivity contribution is 0.605. The van der Waals surface area contributed by atoms with E-state index in [0.717, 1.165) is 5.71 Å². The van der Waals surface area contributed by atoms with Crippen LogP contribution < -0.4 is 0 Å². The molecule has 0 atom stereocenters. The average Bonchev–Trinajstić information content (AvgIpc) is 2.37. The predicted molar refractivity (Wildman–Crippen MR) is 65.3 cm³/mol. The van der Waals surface area contributed by atoms with Gasteiger partial charge in [0.05, 0.1) is 10.6 Å². The Morgan fingerprint density at radius 1 is 1.31 bits per heavy atom. The van der Waals surface area contributed by atoms with Crippen molar-refractivity contribution in [3.63, 3.8) is 0 Å². The van der Waals surface area contributed by atoms with Crippen molar-refractivity contribution in [2.75, 3.05) is 0 Å². The summed E-state index contributed by atoms with van der Waals surface area (Å²) in [5.41, 5.74) is 1.91. The van der Waals surface area contributed by atoms with Gasteiger partial charge in [-0.05, 0) is 19.1 Å². The highest BCUT2D eigenvalue weighted by molar-refractivity contribution is 8.13. The van der Waals surface area contributed by atoms with Crippen LogP contribution in [0.25, 0.3) is 0 Å². The first-order valence-electron chi connectivity index (χ1n) is 4.88. The Morgan fingerprint density at radius 2 is 1.94 bits per heavy atom. The molecule has 0 radical (unpaired) electrons. The maximum absolute atomic E-state index is 11.5. The summed E-state index contributed by atoms with van der Waals surface area (Å²) in [7, 11) is 1.71. The van der Waals surface area contributed by atoms with Crippen molar-refractivity contribution in [2.45, 2.75) is 31.1 Å². The van der Waals surface area contributed by atoms with Crippen molar-refractivity contribution in [1.82, 2.24) is 0 Å². The number of aliphatic imine (C=N–C) groups is 1. The number of halogens is 1. The van der Waals surface area contributed by atoms with Crippen molar-refractivity contribution < 1.29 is 8.42 Å². The molecule has 5 heteroatoms. The molecular formula is C11H12ClNO2S. The van der Waals surface area contributed by atoms with Gasteiger partial charge in [0.15, 0.2) is 0 Å². The molecule has 0 saturated heterocycles. The van der Waals surface area contributed by atoms with Gasteiger partial charge in [0.2, 0.25) is 0 Å². The molecule has 0 unspecified atom stereocenters. The van der Waals surface area contributed by atoms with Crippen molar-refractivity contribution in [3.05, 3.63) is 23.8 Å². The van der Waals surface area contributed by atoms with Crippen LogP contribution in [0.1, 0.15) is 26.3 Å². The maximum atomic E-state index is 11.5. The Kier molecular flexibility index (Phi) is 2.40. The Morgan fingerprint density at radius 3 is 2.50 bits per heavy atom. The van der Waals surface area contributed by atoms with Crippen LogP contribution >= 0.6 is 10.7 Å². The fourth-order valence-corrected chi connectivity index (χ4v) is 3.18. The van der Waals surface area contributed by atoms with Gasteiger partial charge >= 0.3 is 0 Å². The van der Waals surface area contributed by atoms with Crippen LogP contribution in [0.5, 0.6) is 0 Å². The van der Waals surface area contributed by atoms with Gasteiger partial charge in [-0.25, -0.2) is 8.42 Å². The highest BCUT2D eigenvalue weighted by atomic mass is 35.7. The van der Waals surface area contributed by atoms with E-state index >= 15 is 0 Å². The minimum Gasteiger partial charge on any atom is -0.257 e. The second-order valence-electron chi connectivity index (χ2n) is 4.41. The summed E-state index contributed by atoms with van der Waals surface area (Å²) in [6.07, 6.45) is 0. The second-order valence-corrected chi connectivity index (χ2v) is 6.94. The number of rotatable bonds is 1. The summed E-state index contributed by atoms with van der Waals surface area (Å²) in [5.74, 6) is 0. The van der Waals surface area contributed by atoms with E-state index in [2.05, 4.69) is 4.99 Å². The van der Waals surface area contributed by atoms with Crippen LogP contribution in [0.4, 0.5) is 5.69 Å². The van der Waals surface area contributed by atoms with E-state index in [1.807, 2.05) is 20.8 Å². The minimum atomic E-state index is -3.72. The maximum Gasteiger partial charge on any atom is 0.261 e. The molecule has 0 aromatic heterocycles. The van der Waals surface area contributed by atoms with Crippen molar-refractivity contribution >= 4 is 31.1 Å². The minimum absolute atomic E-state index is 0.164. The van der Waals surface area contributed by atoms with Gasteiger partial charge in [-0.15, -0.1) is 0 Å². The topological polar surface area (TPSA) is 46.5 Å². The summed E-state index contributed by atoms with van der Waals surface area (Å²) >= 11 is 0. The number of nitrogens with zero attached hydrogens (tertiary/aromatic N) is 1. The molecule has 3 nitrogen and oxygen atoms in total. The number of fused-ring (bicyclic) bond motifs is 1. The molecule has 0 N–H and O–H groups in total. The second kappa shape index (κ2) is 3.31. The zero-order chi connectivity index (χ0) is 12.1. The van der Waals surface area contributed by atoms with Crippen molar-refractivity contribution in [1.29, 1.82) is 0 Å². The van der Waals surface area contributed by atoms with Crippen LogP contribution in [0.2, 0.25) is 0 Å². The fourth-order valence-electron chi connectivity index (χ4n) is 1.95. The summed E-state index contributed by atoms with van der Waals surface area (Å²) < 4.78 is 23.0. The first-order valence-corrected chi connectivity index (χ1v) is 7.19. The van der Waals surface area contributed by atoms with E-state index in [1.165, 1.54) is 6.07 Å². The monoisotopic (exact) mass is 257 g/mol. The normalized spacial score (nSPS) is 18.1. The highest BCUT2D eigenvalue weighted by Gasteiger charge is 2.37. The molecular weight excluding hydrogens is 246 g/mol. The van der Waals surface area contributed by atoms with Crippen LogP contribution in [0.15, 0.2) is 28.1 Å². The SMILES string of the molecule is CC1=Nc2cccc(S(=O)(=O)Cl)c2C1(C)C. The highest BCUT2D eigenvalue weighted by Crippen LogP contribution is 2.43. The number of hydrogen-bond acceptors (Lipinski definition) is 3. The molecule has 1 aromatic carbocycles. The summed E-state index contributed by atoms with van der Waals surface area (Å²) in [5, 5.41) is 0. The van der Waals surface area contributed by atoms with E-state index in [9.17, 15) is 8.42 Å². The average molecular weight is 258 g/mol. The van der Waals surface area contributed by atoms with Gasteiger partial charge in [-0.3, -0.25) is 4.99 Å². The first kappa shape index (κ1) is 11.6. The molecule has 0 saturated carbocycles. The summed E-state index contributed by atoms with van der Waals surface area (Å²) in [4.78, 5) is 4.54. The molecule has 1 heterocycles. The van der Waals surface area contributed by atoms with Gasteiger partial charge in [0, 0.05) is 27.4 Å². The lowest BCUT2D eigenvalue weighted by atomic mass is 9.82. The number of benzene rings is 1. The molecule has 0 spiro atoms. The molecule has 86 valence electrons. The molecule has 0 bridgehead atoms. The zero-order valence-corrected chi connectivity index (χ0v) is 10.9. The van der Waals surface area contributed by atoms with Crippen LogP contribution in [0, 0.1) is 0 Å². The third kappa shape index (κ3) is 1.57. The van der Waals surface area contributed by atoms with Crippen LogP contribution in [-0.2, 0) is 14.5 Å². The summed E-state index contributed by atoms with van der Waals surface area (Å²) in [6, 6.07) is 4.99. The smallest absolute Gasteiger partial charge is 0.257 e. The first-order chi connectivity index (χ1) is 7.24. The molecule has 0 aliphatic carbocycles. The third-order valence-electron chi connectivity index (χ3n) is 3.08. The Bertz CT molecular complexity index is 588. The van der Waals surface area contributed by atoms with E-state index in [0.29, 0.717) is 11.3 Å². The Balaban J connectivity index is 2.81. The van der Waals surface area contributed by atoms with Gasteiger partial charge in [-0.1, -0.05) is 19.9 Å². The molecule has 1 aliphatic rings. The van der Waals surface area contributed by atoms with Gasteiger partial charge in [-0.2, -0.15) is 0 Å². The van der Waals surface area contributed by atoms with Crippen LogP contribution in [-0.4, -0.2) is 14.1 Å². The third-order valence-corrected chi connectivity index (χ3v) is 4.45. The lowest BCUT2D eigenvalue weighted by Gasteiger charge is -2.21. The van der Waals surface area contributed by atoms with Crippen molar-refractivity contribution in [2.24, 2.45) is 4.99 Å². The van der Waals surface area contributed by atoms with E-state index in [-0.39, 0.29) is 10.3 Å². The number of hydrogen-bond donors (Lipinski definition) is 0. The summed E-state index contributed by atoms with van der Waals surface area (Å²) in [6.45, 7) is 5.79. The predicted octanol–water partition coefficient (Wildman–Crippen LogP) is 3.00. The Hall–Kier alpha value is -0.870. The van der Waals surface area contributed by atoms with Crippen LogP contribution in [0.3, 0.4) is 0 Å². The largest absolute Gasteiger partial charge is 0.261 e. The zero-order valence-electron chi connectivity index (χ0n) is 9.28. The Labute approximate surface area is 99.6 Å². The quantitative estimate of drug-likeness (QED) is 0.726. The van der Waals surface area contributed by atoms with E-state index in [1.54, 1.807) is 12.1 Å². The molecule has 1 aromatic rings. The molecule has 0 amide bonds. The van der Waals surface area contributed by atoms with E-state index in [4.69, 9.17) is 10.7 Å². The molecule has 1 aliphatic heterocycles. The van der Waals surface area contributed by atoms with E-state index < -0.39 is 9.05 Å². The van der Waals surface area contributed by atoms with Gasteiger partial charge in [0.1, 0.15) is 0 Å². The fraction of sp³-hybridized carbons (Fsp3) is 0.364. The standard InChI is InChI=1S/C11H12ClNO2S/c1-7-11(2,3)10-8(13-7)5-4-6-9(10)16(12,14)15/h4-6H,1-3H3. The van der Waals surface area contributed by atoms with Gasteiger partial charge in [0.25, 0.3) is 9.05 Å². The van der Waals surface area contributed by atoms with Gasteiger partial charge < -0.3 is 0 Å².